The predicted octanol–water partition coefficient (Wildman–Crippen LogP) is 5.95. The van der Waals surface area contributed by atoms with Gasteiger partial charge in [-0.3, -0.25) is 4.79 Å². The number of rotatable bonds is 8. The molecule has 0 bridgehead atoms. The van der Waals surface area contributed by atoms with E-state index >= 15 is 0 Å². The van der Waals surface area contributed by atoms with Crippen molar-refractivity contribution in [2.45, 2.75) is 13.3 Å². The number of aromatic nitrogens is 3. The molecule has 0 spiro atoms. The van der Waals surface area contributed by atoms with Gasteiger partial charge in [-0.05, 0) is 67.1 Å². The molecule has 3 aromatic carbocycles. The molecule has 0 radical (unpaired) electrons. The van der Waals surface area contributed by atoms with Gasteiger partial charge in [0.1, 0.15) is 11.6 Å². The Labute approximate surface area is 215 Å². The standard InChI is InChI=1S/C29H28N6O2/c1-19-16-27(31-21-12-14-24(37-3)15-13-21)34-29(30-19)33-23-10-8-22(9-11-23)32-28(36)17-20-18-35(2)26-7-5-4-6-25(20)26/h4-16,18H,17H2,1-3H3,(H,32,36)(H2,30,31,33,34). The van der Waals surface area contributed by atoms with E-state index in [9.17, 15) is 4.79 Å². The smallest absolute Gasteiger partial charge is 0.229 e. The first-order valence-corrected chi connectivity index (χ1v) is 11.9. The number of hydrogen-bond acceptors (Lipinski definition) is 6. The van der Waals surface area contributed by atoms with Gasteiger partial charge in [0.25, 0.3) is 0 Å². The molecule has 0 fully saturated rings. The van der Waals surface area contributed by atoms with Crippen molar-refractivity contribution in [3.63, 3.8) is 0 Å². The first-order chi connectivity index (χ1) is 18.0. The van der Waals surface area contributed by atoms with E-state index in [-0.39, 0.29) is 5.91 Å². The van der Waals surface area contributed by atoms with Crippen molar-refractivity contribution in [1.82, 2.24) is 14.5 Å². The summed E-state index contributed by atoms with van der Waals surface area (Å²) < 4.78 is 7.25. The third-order valence-electron chi connectivity index (χ3n) is 5.97. The molecule has 2 aromatic heterocycles. The molecule has 186 valence electrons. The third-order valence-corrected chi connectivity index (χ3v) is 5.97. The van der Waals surface area contributed by atoms with Crippen LogP contribution in [0.4, 0.5) is 28.8 Å². The minimum Gasteiger partial charge on any atom is -0.497 e. The molecule has 0 atom stereocenters. The Morgan fingerprint density at radius 2 is 1.57 bits per heavy atom. The molecule has 0 aliphatic heterocycles. The van der Waals surface area contributed by atoms with Crippen LogP contribution in [0.2, 0.25) is 0 Å². The monoisotopic (exact) mass is 492 g/mol. The fourth-order valence-corrected chi connectivity index (χ4v) is 4.22. The fraction of sp³-hybridized carbons (Fsp3) is 0.138. The maximum atomic E-state index is 12.7. The molecule has 0 unspecified atom stereocenters. The van der Waals surface area contributed by atoms with Crippen LogP contribution in [-0.2, 0) is 18.3 Å². The van der Waals surface area contributed by atoms with Crippen LogP contribution in [-0.4, -0.2) is 27.6 Å². The molecule has 0 aliphatic rings. The summed E-state index contributed by atoms with van der Waals surface area (Å²) in [7, 11) is 3.63. The number of ether oxygens (including phenoxy) is 1. The molecule has 5 rings (SSSR count). The van der Waals surface area contributed by atoms with Crippen molar-refractivity contribution in [2.75, 3.05) is 23.1 Å². The zero-order valence-corrected chi connectivity index (χ0v) is 20.9. The van der Waals surface area contributed by atoms with E-state index < -0.39 is 0 Å². The van der Waals surface area contributed by atoms with E-state index in [0.717, 1.165) is 45.0 Å². The number of aryl methyl sites for hydroxylation is 2. The van der Waals surface area contributed by atoms with Gasteiger partial charge in [-0.2, -0.15) is 4.98 Å². The van der Waals surface area contributed by atoms with Crippen molar-refractivity contribution in [3.8, 4) is 5.75 Å². The quantitative estimate of drug-likeness (QED) is 0.248. The minimum atomic E-state index is -0.0617. The highest BCUT2D eigenvalue weighted by Gasteiger charge is 2.11. The summed E-state index contributed by atoms with van der Waals surface area (Å²) in [6, 6.07) is 25.1. The highest BCUT2D eigenvalue weighted by atomic mass is 16.5. The van der Waals surface area contributed by atoms with Crippen molar-refractivity contribution >= 4 is 45.6 Å². The van der Waals surface area contributed by atoms with Gasteiger partial charge in [0.05, 0.1) is 13.5 Å². The van der Waals surface area contributed by atoms with Gasteiger partial charge >= 0.3 is 0 Å². The van der Waals surface area contributed by atoms with Gasteiger partial charge in [-0.25, -0.2) is 4.98 Å². The number of amides is 1. The lowest BCUT2D eigenvalue weighted by atomic mass is 10.1. The summed E-state index contributed by atoms with van der Waals surface area (Å²) in [6.45, 7) is 1.92. The SMILES string of the molecule is COc1ccc(Nc2cc(C)nc(Nc3ccc(NC(=O)Cc4cn(C)c5ccccc45)cc3)n2)cc1. The van der Waals surface area contributed by atoms with Crippen LogP contribution >= 0.6 is 0 Å². The topological polar surface area (TPSA) is 93.1 Å². The van der Waals surface area contributed by atoms with Crippen LogP contribution in [0, 0.1) is 6.92 Å². The Morgan fingerprint density at radius 3 is 2.32 bits per heavy atom. The molecule has 8 heteroatoms. The summed E-state index contributed by atoms with van der Waals surface area (Å²) in [4.78, 5) is 21.8. The lowest BCUT2D eigenvalue weighted by molar-refractivity contribution is -0.115. The normalized spacial score (nSPS) is 10.8. The molecule has 5 aromatic rings. The van der Waals surface area contributed by atoms with Crippen LogP contribution in [0.3, 0.4) is 0 Å². The molecule has 0 saturated heterocycles. The molecule has 8 nitrogen and oxygen atoms in total. The van der Waals surface area contributed by atoms with Crippen molar-refractivity contribution in [3.05, 3.63) is 96.3 Å². The van der Waals surface area contributed by atoms with E-state index in [1.54, 1.807) is 7.11 Å². The Morgan fingerprint density at radius 1 is 0.892 bits per heavy atom. The van der Waals surface area contributed by atoms with E-state index in [0.29, 0.717) is 18.2 Å². The molecule has 37 heavy (non-hydrogen) atoms. The van der Waals surface area contributed by atoms with E-state index in [4.69, 9.17) is 4.74 Å². The summed E-state index contributed by atoms with van der Waals surface area (Å²) >= 11 is 0. The minimum absolute atomic E-state index is 0.0617. The average Bonchev–Trinajstić information content (AvgIpc) is 3.20. The maximum Gasteiger partial charge on any atom is 0.229 e. The highest BCUT2D eigenvalue weighted by molar-refractivity contribution is 5.96. The Bertz CT molecular complexity index is 1540. The Kier molecular flexibility index (Phi) is 6.72. The number of carbonyl (C=O) groups excluding carboxylic acids is 1. The number of nitrogens with zero attached hydrogens (tertiary/aromatic N) is 3. The van der Waals surface area contributed by atoms with Crippen LogP contribution in [0.15, 0.2) is 85.1 Å². The predicted molar refractivity (Wildman–Crippen MR) is 148 cm³/mol. The lowest BCUT2D eigenvalue weighted by Crippen LogP contribution is -2.14. The zero-order valence-electron chi connectivity index (χ0n) is 20.9. The number of fused-ring (bicyclic) bond motifs is 1. The summed E-state index contributed by atoms with van der Waals surface area (Å²) in [5.74, 6) is 1.88. The Balaban J connectivity index is 1.22. The largest absolute Gasteiger partial charge is 0.497 e. The first kappa shape index (κ1) is 23.9. The van der Waals surface area contributed by atoms with Gasteiger partial charge in [-0.1, -0.05) is 18.2 Å². The van der Waals surface area contributed by atoms with Crippen LogP contribution in [0.25, 0.3) is 10.9 Å². The van der Waals surface area contributed by atoms with Gasteiger partial charge in [0.15, 0.2) is 0 Å². The van der Waals surface area contributed by atoms with Crippen molar-refractivity contribution in [2.24, 2.45) is 7.05 Å². The van der Waals surface area contributed by atoms with Crippen molar-refractivity contribution in [1.29, 1.82) is 0 Å². The number of nitrogens with one attached hydrogen (secondary N) is 3. The second-order valence-electron chi connectivity index (χ2n) is 8.78. The molecule has 1 amide bonds. The molecule has 2 heterocycles. The molecular weight excluding hydrogens is 464 g/mol. The number of carbonyl (C=O) groups is 1. The van der Waals surface area contributed by atoms with Crippen LogP contribution in [0.1, 0.15) is 11.3 Å². The lowest BCUT2D eigenvalue weighted by Gasteiger charge is -2.11. The number of anilines is 5. The summed E-state index contributed by atoms with van der Waals surface area (Å²) in [5.41, 5.74) is 5.38. The van der Waals surface area contributed by atoms with E-state index in [1.807, 2.05) is 97.5 Å². The maximum absolute atomic E-state index is 12.7. The first-order valence-electron chi connectivity index (χ1n) is 11.9. The summed E-state index contributed by atoms with van der Waals surface area (Å²) in [5, 5.41) is 10.6. The van der Waals surface area contributed by atoms with Gasteiger partial charge in [-0.15, -0.1) is 0 Å². The van der Waals surface area contributed by atoms with E-state index in [2.05, 4.69) is 32.0 Å². The third kappa shape index (κ3) is 5.70. The highest BCUT2D eigenvalue weighted by Crippen LogP contribution is 2.23. The zero-order chi connectivity index (χ0) is 25.8. The van der Waals surface area contributed by atoms with Gasteiger partial charge in [0, 0.05) is 53.0 Å². The molecule has 0 aliphatic carbocycles. The number of para-hydroxylation sites is 1. The van der Waals surface area contributed by atoms with Crippen LogP contribution < -0.4 is 20.7 Å². The second-order valence-corrected chi connectivity index (χ2v) is 8.78. The van der Waals surface area contributed by atoms with E-state index in [1.165, 1.54) is 0 Å². The number of benzene rings is 3. The van der Waals surface area contributed by atoms with Crippen LogP contribution in [0.5, 0.6) is 5.75 Å². The molecule has 0 saturated carbocycles. The number of methoxy groups -OCH3 is 1. The van der Waals surface area contributed by atoms with Crippen molar-refractivity contribution < 1.29 is 9.53 Å². The average molecular weight is 493 g/mol. The Hall–Kier alpha value is -4.85. The summed E-state index contributed by atoms with van der Waals surface area (Å²) in [6.07, 6.45) is 2.32. The second kappa shape index (κ2) is 10.4. The van der Waals surface area contributed by atoms with Gasteiger partial charge in [0.2, 0.25) is 11.9 Å². The molecule has 3 N–H and O–H groups in total. The van der Waals surface area contributed by atoms with Gasteiger partial charge < -0.3 is 25.3 Å². The number of hydrogen-bond donors (Lipinski definition) is 3. The molecular formula is C29H28N6O2. The fourth-order valence-electron chi connectivity index (χ4n) is 4.22.